The van der Waals surface area contributed by atoms with Gasteiger partial charge in [-0.1, -0.05) is 12.1 Å². The van der Waals surface area contributed by atoms with E-state index in [1.165, 1.54) is 24.3 Å². The Balaban J connectivity index is 2.19. The van der Waals surface area contributed by atoms with Gasteiger partial charge in [-0.2, -0.15) is 0 Å². The molecule has 0 aliphatic rings. The number of hydrogen-bond donors (Lipinski definition) is 2. The van der Waals surface area contributed by atoms with Crippen molar-refractivity contribution in [2.75, 3.05) is 0 Å². The third kappa shape index (κ3) is 3.56. The summed E-state index contributed by atoms with van der Waals surface area (Å²) in [4.78, 5) is 21.9. The summed E-state index contributed by atoms with van der Waals surface area (Å²) in [5, 5.41) is 17.9. The third-order valence-electron chi connectivity index (χ3n) is 2.75. The lowest BCUT2D eigenvalue weighted by Crippen LogP contribution is -2.08. The minimum absolute atomic E-state index is 0.0449. The van der Waals surface area contributed by atoms with Gasteiger partial charge in [0.05, 0.1) is 11.1 Å². The molecule has 2 aromatic rings. The molecule has 0 unspecified atom stereocenters. The van der Waals surface area contributed by atoms with Crippen LogP contribution < -0.4 is 4.74 Å². The van der Waals surface area contributed by atoms with Gasteiger partial charge in [-0.15, -0.1) is 0 Å². The number of halogens is 1. The van der Waals surface area contributed by atoms with E-state index in [1.54, 1.807) is 6.07 Å². The molecule has 0 amide bonds. The van der Waals surface area contributed by atoms with Crippen molar-refractivity contribution in [2.45, 2.75) is 6.61 Å². The Morgan fingerprint density at radius 2 is 1.71 bits per heavy atom. The van der Waals surface area contributed by atoms with E-state index < -0.39 is 17.8 Å². The van der Waals surface area contributed by atoms with Crippen molar-refractivity contribution in [2.24, 2.45) is 0 Å². The average molecular weight is 290 g/mol. The number of ether oxygens (including phenoxy) is 1. The average Bonchev–Trinajstić information content (AvgIpc) is 2.44. The number of carboxylic acid groups (broad SMARTS) is 2. The van der Waals surface area contributed by atoms with E-state index in [9.17, 15) is 14.0 Å². The maximum absolute atomic E-state index is 13.0. The van der Waals surface area contributed by atoms with Crippen molar-refractivity contribution in [1.82, 2.24) is 0 Å². The normalized spacial score (nSPS) is 10.1. The maximum Gasteiger partial charge on any atom is 0.336 e. The van der Waals surface area contributed by atoms with Gasteiger partial charge < -0.3 is 14.9 Å². The molecule has 21 heavy (non-hydrogen) atoms. The molecule has 0 bridgehead atoms. The molecule has 6 heteroatoms. The first-order chi connectivity index (χ1) is 9.97. The van der Waals surface area contributed by atoms with Gasteiger partial charge in [0.2, 0.25) is 0 Å². The number of carbonyl (C=O) groups is 2. The van der Waals surface area contributed by atoms with Crippen LogP contribution in [0.25, 0.3) is 0 Å². The fraction of sp³-hybridized carbons (Fsp3) is 0.0667. The minimum atomic E-state index is -1.36. The molecule has 0 spiro atoms. The molecule has 108 valence electrons. The van der Waals surface area contributed by atoms with Gasteiger partial charge in [0.1, 0.15) is 18.2 Å². The SMILES string of the molecule is O=C(O)c1ccc(OCc2cccc(F)c2)cc1C(=O)O. The Bertz CT molecular complexity index is 696. The van der Waals surface area contributed by atoms with Gasteiger partial charge in [0.25, 0.3) is 0 Å². The second kappa shape index (κ2) is 6.04. The summed E-state index contributed by atoms with van der Waals surface area (Å²) >= 11 is 0. The molecule has 2 aromatic carbocycles. The topological polar surface area (TPSA) is 83.8 Å². The third-order valence-corrected chi connectivity index (χ3v) is 2.75. The van der Waals surface area contributed by atoms with Crippen LogP contribution in [-0.4, -0.2) is 22.2 Å². The maximum atomic E-state index is 13.0. The summed E-state index contributed by atoms with van der Waals surface area (Å²) < 4.78 is 18.4. The van der Waals surface area contributed by atoms with Crippen LogP contribution in [0.1, 0.15) is 26.3 Å². The Morgan fingerprint density at radius 1 is 1.00 bits per heavy atom. The zero-order chi connectivity index (χ0) is 15.4. The fourth-order valence-electron chi connectivity index (χ4n) is 1.77. The molecule has 0 atom stereocenters. The molecule has 5 nitrogen and oxygen atoms in total. The summed E-state index contributed by atoms with van der Waals surface area (Å²) in [6.45, 7) is 0.0449. The van der Waals surface area contributed by atoms with Crippen molar-refractivity contribution in [1.29, 1.82) is 0 Å². The van der Waals surface area contributed by atoms with Crippen LogP contribution in [0.4, 0.5) is 4.39 Å². The van der Waals surface area contributed by atoms with Crippen molar-refractivity contribution < 1.29 is 28.9 Å². The predicted octanol–water partition coefficient (Wildman–Crippen LogP) is 2.80. The van der Waals surface area contributed by atoms with E-state index in [1.807, 2.05) is 0 Å². The summed E-state index contributed by atoms with van der Waals surface area (Å²) in [7, 11) is 0. The highest BCUT2D eigenvalue weighted by Gasteiger charge is 2.16. The van der Waals surface area contributed by atoms with E-state index in [0.717, 1.165) is 12.1 Å². The molecule has 0 fully saturated rings. The number of benzene rings is 2. The van der Waals surface area contributed by atoms with E-state index in [0.29, 0.717) is 5.56 Å². The second-order valence-electron chi connectivity index (χ2n) is 4.24. The first-order valence-electron chi connectivity index (χ1n) is 5.95. The van der Waals surface area contributed by atoms with Crippen LogP contribution in [0.2, 0.25) is 0 Å². The quantitative estimate of drug-likeness (QED) is 0.884. The van der Waals surface area contributed by atoms with E-state index in [2.05, 4.69) is 0 Å². The lowest BCUT2D eigenvalue weighted by atomic mass is 10.1. The molecule has 0 heterocycles. The first-order valence-corrected chi connectivity index (χ1v) is 5.95. The van der Waals surface area contributed by atoms with Gasteiger partial charge in [0.15, 0.2) is 0 Å². The predicted molar refractivity (Wildman–Crippen MR) is 71.1 cm³/mol. The smallest absolute Gasteiger partial charge is 0.336 e. The summed E-state index contributed by atoms with van der Waals surface area (Å²) in [6.07, 6.45) is 0. The Labute approximate surface area is 119 Å². The Morgan fingerprint density at radius 3 is 2.33 bits per heavy atom. The summed E-state index contributed by atoms with van der Waals surface area (Å²) in [6, 6.07) is 9.43. The van der Waals surface area contributed by atoms with Crippen LogP contribution in [0.15, 0.2) is 42.5 Å². The molecule has 0 saturated carbocycles. The second-order valence-corrected chi connectivity index (χ2v) is 4.24. The lowest BCUT2D eigenvalue weighted by Gasteiger charge is -2.08. The standard InChI is InChI=1S/C15H11FO5/c16-10-3-1-2-9(6-10)8-21-11-4-5-12(14(17)18)13(7-11)15(19)20/h1-7H,8H2,(H,17,18)(H,19,20). The van der Waals surface area contributed by atoms with Gasteiger partial charge in [0, 0.05) is 0 Å². The Hall–Kier alpha value is -2.89. The molecule has 0 aromatic heterocycles. The zero-order valence-corrected chi connectivity index (χ0v) is 10.7. The molecule has 0 radical (unpaired) electrons. The highest BCUT2D eigenvalue weighted by Crippen LogP contribution is 2.19. The molecule has 2 rings (SSSR count). The fourth-order valence-corrected chi connectivity index (χ4v) is 1.77. The molecule has 0 aliphatic carbocycles. The van der Waals surface area contributed by atoms with Crippen LogP contribution in [-0.2, 0) is 6.61 Å². The van der Waals surface area contributed by atoms with E-state index in [-0.39, 0.29) is 23.5 Å². The van der Waals surface area contributed by atoms with Gasteiger partial charge in [-0.05, 0) is 35.9 Å². The molecule has 2 N–H and O–H groups in total. The van der Waals surface area contributed by atoms with E-state index in [4.69, 9.17) is 14.9 Å². The number of carboxylic acids is 2. The number of aromatic carboxylic acids is 2. The van der Waals surface area contributed by atoms with Gasteiger partial charge in [-0.3, -0.25) is 0 Å². The number of rotatable bonds is 5. The first kappa shape index (κ1) is 14.5. The van der Waals surface area contributed by atoms with Crippen molar-refractivity contribution in [3.8, 4) is 5.75 Å². The highest BCUT2D eigenvalue weighted by molar-refractivity contribution is 6.01. The zero-order valence-electron chi connectivity index (χ0n) is 10.7. The van der Waals surface area contributed by atoms with Crippen LogP contribution in [0.3, 0.4) is 0 Å². The van der Waals surface area contributed by atoms with Crippen LogP contribution in [0, 0.1) is 5.82 Å². The molecular weight excluding hydrogens is 279 g/mol. The van der Waals surface area contributed by atoms with Gasteiger partial charge >= 0.3 is 11.9 Å². The van der Waals surface area contributed by atoms with Gasteiger partial charge in [-0.25, -0.2) is 14.0 Å². The number of hydrogen-bond acceptors (Lipinski definition) is 3. The van der Waals surface area contributed by atoms with Crippen molar-refractivity contribution in [3.05, 3.63) is 65.0 Å². The van der Waals surface area contributed by atoms with Crippen LogP contribution >= 0.6 is 0 Å². The largest absolute Gasteiger partial charge is 0.489 e. The molecule has 0 aliphatic heterocycles. The Kier molecular flexibility index (Phi) is 4.18. The van der Waals surface area contributed by atoms with Crippen molar-refractivity contribution in [3.63, 3.8) is 0 Å². The molecular formula is C15H11FO5. The lowest BCUT2D eigenvalue weighted by molar-refractivity contribution is 0.0651. The van der Waals surface area contributed by atoms with Crippen molar-refractivity contribution >= 4 is 11.9 Å². The molecule has 0 saturated heterocycles. The monoisotopic (exact) mass is 290 g/mol. The summed E-state index contributed by atoms with van der Waals surface area (Å²) in [5.41, 5.74) is -0.103. The van der Waals surface area contributed by atoms with Crippen LogP contribution in [0.5, 0.6) is 5.75 Å². The summed E-state index contributed by atoms with van der Waals surface area (Å²) in [5.74, 6) is -2.89. The van der Waals surface area contributed by atoms with E-state index >= 15 is 0 Å². The minimum Gasteiger partial charge on any atom is -0.489 e. The highest BCUT2D eigenvalue weighted by atomic mass is 19.1.